The fourth-order valence-electron chi connectivity index (χ4n) is 5.09. The molecule has 0 bridgehead atoms. The van der Waals surface area contributed by atoms with Gasteiger partial charge >= 0.3 is 0 Å². The summed E-state index contributed by atoms with van der Waals surface area (Å²) in [4.78, 5) is 32.4. The van der Waals surface area contributed by atoms with Gasteiger partial charge in [-0.15, -0.1) is 0 Å². The third-order valence-corrected chi connectivity index (χ3v) is 7.62. The molecule has 0 saturated heterocycles. The van der Waals surface area contributed by atoms with Gasteiger partial charge < -0.3 is 25.4 Å². The summed E-state index contributed by atoms with van der Waals surface area (Å²) in [5.41, 5.74) is 4.68. The van der Waals surface area contributed by atoms with Gasteiger partial charge in [-0.1, -0.05) is 67.6 Å². The van der Waals surface area contributed by atoms with E-state index in [2.05, 4.69) is 52.0 Å². The fraction of sp³-hybridized carbons (Fsp3) is 0.265. The Labute approximate surface area is 246 Å². The number of anilines is 1. The predicted octanol–water partition coefficient (Wildman–Crippen LogP) is 5.01. The molecule has 8 nitrogen and oxygen atoms in total. The molecule has 3 atom stereocenters. The van der Waals surface area contributed by atoms with Crippen LogP contribution in [0.15, 0.2) is 97.3 Å². The zero-order valence-electron chi connectivity index (χ0n) is 23.9. The lowest BCUT2D eigenvalue weighted by Gasteiger charge is -2.37. The van der Waals surface area contributed by atoms with Crippen molar-refractivity contribution in [3.63, 3.8) is 0 Å². The Morgan fingerprint density at radius 3 is 2.43 bits per heavy atom. The van der Waals surface area contributed by atoms with Crippen LogP contribution in [-0.2, 0) is 6.54 Å². The molecule has 216 valence electrons. The number of aliphatic hydroxyl groups excluding tert-OH is 1. The van der Waals surface area contributed by atoms with Gasteiger partial charge in [0, 0.05) is 43.5 Å². The Bertz CT molecular complexity index is 1500. The highest BCUT2D eigenvalue weighted by molar-refractivity contribution is 6.07. The van der Waals surface area contributed by atoms with Crippen molar-refractivity contribution in [1.82, 2.24) is 15.2 Å². The zero-order chi connectivity index (χ0) is 29.5. The highest BCUT2D eigenvalue weighted by Gasteiger charge is 2.34. The number of fused-ring (bicyclic) bond motifs is 1. The quantitative estimate of drug-likeness (QED) is 0.264. The summed E-state index contributed by atoms with van der Waals surface area (Å²) in [6.07, 6.45) is 2.79. The molecule has 8 heteroatoms. The number of carbonyl (C=O) groups excluding carboxylic acids is 2. The SMILES string of the molecule is C[C@@H]1CN([C@@H](C)CO)C(=O)c2cccc(NC(=O)c3ccncc3)c2O[C@H]1CNCc1ccc(-c2ccccc2)cc1. The molecule has 0 radical (unpaired) electrons. The highest BCUT2D eigenvalue weighted by Crippen LogP contribution is 2.35. The molecule has 3 aromatic carbocycles. The minimum Gasteiger partial charge on any atom is -0.486 e. The topological polar surface area (TPSA) is 104 Å². The second-order valence-corrected chi connectivity index (χ2v) is 10.7. The summed E-state index contributed by atoms with van der Waals surface area (Å²) < 4.78 is 6.56. The summed E-state index contributed by atoms with van der Waals surface area (Å²) in [7, 11) is 0. The van der Waals surface area contributed by atoms with E-state index in [9.17, 15) is 14.7 Å². The van der Waals surface area contributed by atoms with Crippen LogP contribution in [0.25, 0.3) is 11.1 Å². The molecule has 4 aromatic rings. The van der Waals surface area contributed by atoms with Gasteiger partial charge in [0.25, 0.3) is 11.8 Å². The normalized spacial score (nSPS) is 17.4. The molecule has 2 heterocycles. The van der Waals surface area contributed by atoms with E-state index in [1.165, 1.54) is 5.56 Å². The molecule has 3 N–H and O–H groups in total. The van der Waals surface area contributed by atoms with Crippen molar-refractivity contribution in [2.45, 2.75) is 32.5 Å². The minimum atomic E-state index is -0.377. The molecule has 5 rings (SSSR count). The van der Waals surface area contributed by atoms with E-state index >= 15 is 0 Å². The molecule has 0 saturated carbocycles. The second kappa shape index (κ2) is 13.4. The van der Waals surface area contributed by atoms with Gasteiger partial charge in [-0.3, -0.25) is 14.6 Å². The molecule has 0 fully saturated rings. The molecule has 1 aliphatic rings. The number of aliphatic hydroxyl groups is 1. The van der Waals surface area contributed by atoms with Crippen LogP contribution in [0.4, 0.5) is 5.69 Å². The first-order valence-corrected chi connectivity index (χ1v) is 14.2. The van der Waals surface area contributed by atoms with Crippen molar-refractivity contribution in [2.75, 3.05) is 25.0 Å². The van der Waals surface area contributed by atoms with Gasteiger partial charge in [0.2, 0.25) is 0 Å². The Morgan fingerprint density at radius 1 is 1.00 bits per heavy atom. The third kappa shape index (κ3) is 6.67. The van der Waals surface area contributed by atoms with E-state index in [1.807, 2.05) is 32.0 Å². The molecular formula is C34H36N4O4. The maximum Gasteiger partial charge on any atom is 0.258 e. The van der Waals surface area contributed by atoms with Crippen LogP contribution < -0.4 is 15.4 Å². The van der Waals surface area contributed by atoms with Crippen molar-refractivity contribution in [1.29, 1.82) is 0 Å². The number of benzene rings is 3. The standard InChI is InChI=1S/C34H36N4O4/c1-23-21-38(24(2)22-39)34(41)29-9-6-10-30(37-33(40)28-15-17-35-18-16-28)32(29)42-31(23)20-36-19-25-11-13-27(14-12-25)26-7-4-3-5-8-26/h3-18,23-24,31,36,39H,19-22H2,1-2H3,(H,37,40)/t23-,24+,31+/m1/s1. The number of para-hydroxylation sites is 1. The molecule has 0 unspecified atom stereocenters. The maximum absolute atomic E-state index is 13.7. The first-order chi connectivity index (χ1) is 20.4. The van der Waals surface area contributed by atoms with Gasteiger partial charge in [-0.05, 0) is 47.9 Å². The van der Waals surface area contributed by atoms with Crippen molar-refractivity contribution >= 4 is 17.5 Å². The maximum atomic E-state index is 13.7. The lowest BCUT2D eigenvalue weighted by Crippen LogP contribution is -2.49. The van der Waals surface area contributed by atoms with Crippen LogP contribution in [0.1, 0.15) is 40.1 Å². The van der Waals surface area contributed by atoms with Crippen LogP contribution in [0.2, 0.25) is 0 Å². The van der Waals surface area contributed by atoms with Crippen LogP contribution in [-0.4, -0.2) is 58.6 Å². The Balaban J connectivity index is 1.36. The van der Waals surface area contributed by atoms with E-state index in [0.717, 1.165) is 11.1 Å². The largest absolute Gasteiger partial charge is 0.486 e. The number of carbonyl (C=O) groups is 2. The molecule has 1 aliphatic heterocycles. The van der Waals surface area contributed by atoms with Gasteiger partial charge in [0.1, 0.15) is 6.10 Å². The summed E-state index contributed by atoms with van der Waals surface area (Å²) >= 11 is 0. The number of rotatable bonds is 9. The average molecular weight is 565 g/mol. The zero-order valence-corrected chi connectivity index (χ0v) is 23.9. The number of hydrogen-bond acceptors (Lipinski definition) is 6. The number of aromatic nitrogens is 1. The smallest absolute Gasteiger partial charge is 0.258 e. The first-order valence-electron chi connectivity index (χ1n) is 14.2. The average Bonchev–Trinajstić information content (AvgIpc) is 3.03. The molecule has 0 aliphatic carbocycles. The van der Waals surface area contributed by atoms with Gasteiger partial charge in [-0.2, -0.15) is 0 Å². The van der Waals surface area contributed by atoms with Crippen molar-refractivity contribution in [3.8, 4) is 16.9 Å². The summed E-state index contributed by atoms with van der Waals surface area (Å²) in [6, 6.07) is 26.8. The number of pyridine rings is 1. The minimum absolute atomic E-state index is 0.0620. The summed E-state index contributed by atoms with van der Waals surface area (Å²) in [5.74, 6) is -0.312. The monoisotopic (exact) mass is 564 g/mol. The van der Waals surface area contributed by atoms with E-state index in [0.29, 0.717) is 42.2 Å². The number of hydrogen-bond donors (Lipinski definition) is 3. The number of ether oxygens (including phenoxy) is 1. The number of nitrogens with zero attached hydrogens (tertiary/aromatic N) is 2. The van der Waals surface area contributed by atoms with Crippen molar-refractivity contribution < 1.29 is 19.4 Å². The van der Waals surface area contributed by atoms with E-state index in [1.54, 1.807) is 47.6 Å². The van der Waals surface area contributed by atoms with Crippen molar-refractivity contribution in [3.05, 3.63) is 114 Å². The molecular weight excluding hydrogens is 528 g/mol. The van der Waals surface area contributed by atoms with Crippen LogP contribution in [0.5, 0.6) is 5.75 Å². The number of nitrogens with one attached hydrogen (secondary N) is 2. The van der Waals surface area contributed by atoms with E-state index in [-0.39, 0.29) is 36.5 Å². The lowest BCUT2D eigenvalue weighted by atomic mass is 9.99. The summed E-state index contributed by atoms with van der Waals surface area (Å²) in [5, 5.41) is 16.4. The van der Waals surface area contributed by atoms with Crippen LogP contribution >= 0.6 is 0 Å². The molecule has 2 amide bonds. The fourth-order valence-corrected chi connectivity index (χ4v) is 5.09. The van der Waals surface area contributed by atoms with Gasteiger partial charge in [0.15, 0.2) is 5.75 Å². The second-order valence-electron chi connectivity index (χ2n) is 10.7. The predicted molar refractivity (Wildman–Crippen MR) is 163 cm³/mol. The van der Waals surface area contributed by atoms with E-state index < -0.39 is 0 Å². The Morgan fingerprint density at radius 2 is 1.71 bits per heavy atom. The lowest BCUT2D eigenvalue weighted by molar-refractivity contribution is 0.0413. The Kier molecular flexibility index (Phi) is 9.26. The Hall–Kier alpha value is -4.53. The van der Waals surface area contributed by atoms with Crippen LogP contribution in [0.3, 0.4) is 0 Å². The first kappa shape index (κ1) is 29.0. The molecule has 0 spiro atoms. The van der Waals surface area contributed by atoms with E-state index in [4.69, 9.17) is 4.74 Å². The van der Waals surface area contributed by atoms with Gasteiger partial charge in [0.05, 0.1) is 23.9 Å². The highest BCUT2D eigenvalue weighted by atomic mass is 16.5. The number of amides is 2. The van der Waals surface area contributed by atoms with Crippen molar-refractivity contribution in [2.24, 2.45) is 5.92 Å². The molecule has 42 heavy (non-hydrogen) atoms. The van der Waals surface area contributed by atoms with Crippen LogP contribution in [0, 0.1) is 5.92 Å². The molecule has 1 aromatic heterocycles. The third-order valence-electron chi connectivity index (χ3n) is 7.62. The summed E-state index contributed by atoms with van der Waals surface area (Å²) in [6.45, 7) is 5.29. The van der Waals surface area contributed by atoms with Gasteiger partial charge in [-0.25, -0.2) is 0 Å².